The van der Waals surface area contributed by atoms with Crippen molar-refractivity contribution in [2.45, 2.75) is 32.4 Å². The molecule has 0 aliphatic rings. The first-order valence-corrected chi connectivity index (χ1v) is 8.33. The lowest BCUT2D eigenvalue weighted by molar-refractivity contribution is 0.162. The van der Waals surface area contributed by atoms with Gasteiger partial charge in [-0.2, -0.15) is 0 Å². The summed E-state index contributed by atoms with van der Waals surface area (Å²) in [6.07, 6.45) is 1.39. The fourth-order valence-electron chi connectivity index (χ4n) is 2.04. The van der Waals surface area contributed by atoms with Gasteiger partial charge < -0.3 is 10.0 Å². The van der Waals surface area contributed by atoms with Gasteiger partial charge in [0.1, 0.15) is 0 Å². The Morgan fingerprint density at radius 3 is 2.71 bits per heavy atom. The van der Waals surface area contributed by atoms with E-state index in [1.807, 2.05) is 31.2 Å². The van der Waals surface area contributed by atoms with Crippen molar-refractivity contribution in [2.75, 3.05) is 13.6 Å². The fraction of sp³-hybridized carbons (Fsp3) is 0.438. The largest absolute Gasteiger partial charge is 0.393 e. The molecule has 0 aliphatic carbocycles. The monoisotopic (exact) mass is 324 g/mol. The van der Waals surface area contributed by atoms with Crippen LogP contribution in [0.2, 0.25) is 5.02 Å². The molecule has 0 bridgehead atoms. The molecule has 21 heavy (non-hydrogen) atoms. The van der Waals surface area contributed by atoms with E-state index in [0.29, 0.717) is 0 Å². The van der Waals surface area contributed by atoms with E-state index in [9.17, 15) is 5.11 Å². The second kappa shape index (κ2) is 7.90. The van der Waals surface area contributed by atoms with E-state index in [4.69, 9.17) is 11.6 Å². The normalized spacial score (nSPS) is 12.8. The van der Waals surface area contributed by atoms with Gasteiger partial charge in [-0.25, -0.2) is 4.98 Å². The van der Waals surface area contributed by atoms with Crippen LogP contribution in [0.15, 0.2) is 29.6 Å². The van der Waals surface area contributed by atoms with Crippen LogP contribution >= 0.6 is 22.9 Å². The fourth-order valence-corrected chi connectivity index (χ4v) is 2.99. The number of aromatic nitrogens is 1. The molecule has 0 radical (unpaired) electrons. The molecule has 0 fully saturated rings. The van der Waals surface area contributed by atoms with Crippen molar-refractivity contribution in [1.29, 1.82) is 0 Å². The zero-order valence-electron chi connectivity index (χ0n) is 12.4. The number of halogens is 1. The lowest BCUT2D eigenvalue weighted by atomic mass is 10.2. The van der Waals surface area contributed by atoms with Crippen molar-refractivity contribution >= 4 is 22.9 Å². The maximum absolute atomic E-state index is 9.31. The van der Waals surface area contributed by atoms with Gasteiger partial charge in [-0.3, -0.25) is 0 Å². The molecule has 0 saturated carbocycles. The smallest absolute Gasteiger partial charge is 0.0972 e. The summed E-state index contributed by atoms with van der Waals surface area (Å²) in [4.78, 5) is 6.86. The average molecular weight is 325 g/mol. The van der Waals surface area contributed by atoms with E-state index in [1.165, 1.54) is 5.56 Å². The molecule has 2 rings (SSSR count). The number of hydrogen-bond donors (Lipinski definition) is 1. The predicted molar refractivity (Wildman–Crippen MR) is 89.0 cm³/mol. The van der Waals surface area contributed by atoms with E-state index >= 15 is 0 Å². The van der Waals surface area contributed by atoms with E-state index in [1.54, 1.807) is 11.3 Å². The number of aliphatic hydroxyl groups excluding tert-OH is 1. The van der Waals surface area contributed by atoms with Crippen molar-refractivity contribution in [3.8, 4) is 0 Å². The molecule has 2 aromatic rings. The Morgan fingerprint density at radius 2 is 2.05 bits per heavy atom. The number of nitrogens with zero attached hydrogens (tertiary/aromatic N) is 2. The van der Waals surface area contributed by atoms with Gasteiger partial charge >= 0.3 is 0 Å². The second-order valence-corrected chi connectivity index (χ2v) is 6.79. The molecule has 0 spiro atoms. The number of aliphatic hydroxyl groups is 1. The van der Waals surface area contributed by atoms with Crippen LogP contribution in [0.3, 0.4) is 0 Å². The van der Waals surface area contributed by atoms with Gasteiger partial charge in [0.05, 0.1) is 16.8 Å². The van der Waals surface area contributed by atoms with E-state index in [2.05, 4.69) is 22.3 Å². The van der Waals surface area contributed by atoms with Crippen LogP contribution in [0.1, 0.15) is 29.6 Å². The molecule has 1 N–H and O–H groups in total. The number of thiazole rings is 1. The summed E-state index contributed by atoms with van der Waals surface area (Å²) in [5.74, 6) is 0. The van der Waals surface area contributed by atoms with Crippen LogP contribution < -0.4 is 0 Å². The van der Waals surface area contributed by atoms with Crippen LogP contribution in [-0.4, -0.2) is 34.7 Å². The summed E-state index contributed by atoms with van der Waals surface area (Å²) in [5.41, 5.74) is 2.32. The lowest BCUT2D eigenvalue weighted by Gasteiger charge is -2.15. The topological polar surface area (TPSA) is 36.4 Å². The molecule has 0 saturated heterocycles. The minimum Gasteiger partial charge on any atom is -0.393 e. The van der Waals surface area contributed by atoms with Gasteiger partial charge in [0.15, 0.2) is 0 Å². The van der Waals surface area contributed by atoms with Gasteiger partial charge in [0, 0.05) is 29.9 Å². The number of hydrogen-bond acceptors (Lipinski definition) is 4. The van der Waals surface area contributed by atoms with Crippen LogP contribution in [0.25, 0.3) is 0 Å². The minimum atomic E-state index is -0.247. The van der Waals surface area contributed by atoms with Crippen LogP contribution in [-0.2, 0) is 13.0 Å². The molecule has 0 amide bonds. The Kier molecular flexibility index (Phi) is 6.18. The first kappa shape index (κ1) is 16.4. The van der Waals surface area contributed by atoms with Gasteiger partial charge in [-0.05, 0) is 38.1 Å². The summed E-state index contributed by atoms with van der Waals surface area (Å²) in [5, 5.41) is 13.3. The third kappa shape index (κ3) is 5.75. The van der Waals surface area contributed by atoms with Crippen molar-refractivity contribution in [3.63, 3.8) is 0 Å². The quantitative estimate of drug-likeness (QED) is 0.845. The molecular formula is C16H21ClN2OS. The molecule has 0 aliphatic heterocycles. The molecule has 114 valence electrons. The van der Waals surface area contributed by atoms with Crippen molar-refractivity contribution in [3.05, 3.63) is 50.9 Å². The standard InChI is InChI=1S/C16H21ClN2OS/c1-12(20)7-8-19(2)10-15-11-21-16(18-15)9-13-3-5-14(17)6-4-13/h3-6,11-12,20H,7-10H2,1-2H3. The number of rotatable bonds is 7. The summed E-state index contributed by atoms with van der Waals surface area (Å²) in [7, 11) is 2.06. The summed E-state index contributed by atoms with van der Waals surface area (Å²) in [6.45, 7) is 3.52. The molecule has 1 unspecified atom stereocenters. The Bertz CT molecular complexity index is 554. The molecule has 1 aromatic carbocycles. The average Bonchev–Trinajstić information content (AvgIpc) is 2.86. The Balaban J connectivity index is 1.87. The Hall–Kier alpha value is -0.940. The molecular weight excluding hydrogens is 304 g/mol. The molecule has 1 heterocycles. The zero-order valence-corrected chi connectivity index (χ0v) is 14.0. The maximum Gasteiger partial charge on any atom is 0.0972 e. The van der Waals surface area contributed by atoms with E-state index < -0.39 is 0 Å². The highest BCUT2D eigenvalue weighted by atomic mass is 35.5. The first-order valence-electron chi connectivity index (χ1n) is 7.07. The highest BCUT2D eigenvalue weighted by molar-refractivity contribution is 7.09. The Labute approximate surface area is 135 Å². The lowest BCUT2D eigenvalue weighted by Crippen LogP contribution is -2.22. The maximum atomic E-state index is 9.31. The predicted octanol–water partition coefficient (Wildman–Crippen LogP) is 3.59. The summed E-state index contributed by atoms with van der Waals surface area (Å²) in [6, 6.07) is 7.90. The minimum absolute atomic E-state index is 0.247. The molecule has 1 atom stereocenters. The van der Waals surface area contributed by atoms with Crippen molar-refractivity contribution < 1.29 is 5.11 Å². The summed E-state index contributed by atoms with van der Waals surface area (Å²) < 4.78 is 0. The Morgan fingerprint density at radius 1 is 1.33 bits per heavy atom. The van der Waals surface area contributed by atoms with Gasteiger partial charge in [0.25, 0.3) is 0 Å². The number of benzene rings is 1. The summed E-state index contributed by atoms with van der Waals surface area (Å²) >= 11 is 7.59. The van der Waals surface area contributed by atoms with Gasteiger partial charge in [-0.1, -0.05) is 23.7 Å². The first-order chi connectivity index (χ1) is 10.0. The zero-order chi connectivity index (χ0) is 15.2. The molecule has 5 heteroatoms. The highest BCUT2D eigenvalue weighted by Gasteiger charge is 2.07. The van der Waals surface area contributed by atoms with Crippen LogP contribution in [0.5, 0.6) is 0 Å². The SMILES string of the molecule is CC(O)CCN(C)Cc1csc(Cc2ccc(Cl)cc2)n1. The van der Waals surface area contributed by atoms with Gasteiger partial charge in [0.2, 0.25) is 0 Å². The van der Waals surface area contributed by atoms with Crippen LogP contribution in [0, 0.1) is 0 Å². The molecule has 3 nitrogen and oxygen atoms in total. The third-order valence-corrected chi connectivity index (χ3v) is 4.38. The van der Waals surface area contributed by atoms with E-state index in [0.717, 1.165) is 41.7 Å². The highest BCUT2D eigenvalue weighted by Crippen LogP contribution is 2.17. The third-order valence-electron chi connectivity index (χ3n) is 3.23. The van der Waals surface area contributed by atoms with E-state index in [-0.39, 0.29) is 6.10 Å². The van der Waals surface area contributed by atoms with Crippen molar-refractivity contribution in [2.24, 2.45) is 0 Å². The molecule has 1 aromatic heterocycles. The van der Waals surface area contributed by atoms with Crippen LogP contribution in [0.4, 0.5) is 0 Å². The van der Waals surface area contributed by atoms with Crippen molar-refractivity contribution in [1.82, 2.24) is 9.88 Å². The van der Waals surface area contributed by atoms with Gasteiger partial charge in [-0.15, -0.1) is 11.3 Å². The second-order valence-electron chi connectivity index (χ2n) is 5.41.